The van der Waals surface area contributed by atoms with Crippen molar-refractivity contribution in [2.45, 2.75) is 6.54 Å². The Labute approximate surface area is 110 Å². The predicted octanol–water partition coefficient (Wildman–Crippen LogP) is 2.22. The van der Waals surface area contributed by atoms with Crippen LogP contribution in [0.5, 0.6) is 0 Å². The molecule has 0 unspecified atom stereocenters. The molecule has 0 amide bonds. The molecule has 2 aromatic heterocycles. The highest BCUT2D eigenvalue weighted by molar-refractivity contribution is 5.91. The third kappa shape index (κ3) is 2.44. The molecule has 0 fully saturated rings. The topological polar surface area (TPSA) is 76.7 Å². The average Bonchev–Trinajstić information content (AvgIpc) is 2.46. The van der Waals surface area contributed by atoms with Crippen molar-refractivity contribution in [3.63, 3.8) is 0 Å². The predicted molar refractivity (Wildman–Crippen MR) is 75.5 cm³/mol. The molecule has 3 rings (SSSR count). The van der Waals surface area contributed by atoms with E-state index in [1.165, 1.54) is 0 Å². The maximum Gasteiger partial charge on any atom is 0.137 e. The summed E-state index contributed by atoms with van der Waals surface area (Å²) in [4.78, 5) is 12.7. The molecule has 0 radical (unpaired) electrons. The molecule has 5 heteroatoms. The fourth-order valence-electron chi connectivity index (χ4n) is 1.89. The van der Waals surface area contributed by atoms with E-state index in [0.29, 0.717) is 12.2 Å². The van der Waals surface area contributed by atoms with Crippen LogP contribution in [0.25, 0.3) is 10.9 Å². The molecule has 94 valence electrons. The Bertz CT molecular complexity index is 697. The van der Waals surface area contributed by atoms with Gasteiger partial charge in [-0.1, -0.05) is 6.07 Å². The Hall–Kier alpha value is -2.69. The van der Waals surface area contributed by atoms with E-state index in [9.17, 15) is 0 Å². The second-order valence-corrected chi connectivity index (χ2v) is 4.17. The summed E-state index contributed by atoms with van der Waals surface area (Å²) >= 11 is 0. The van der Waals surface area contributed by atoms with Gasteiger partial charge in [0, 0.05) is 17.3 Å². The quantitative estimate of drug-likeness (QED) is 0.698. The number of pyridine rings is 1. The Morgan fingerprint density at radius 3 is 2.84 bits per heavy atom. The van der Waals surface area contributed by atoms with Gasteiger partial charge in [0.2, 0.25) is 0 Å². The van der Waals surface area contributed by atoms with Crippen LogP contribution < -0.4 is 11.1 Å². The van der Waals surface area contributed by atoms with E-state index >= 15 is 0 Å². The number of aromatic nitrogens is 3. The van der Waals surface area contributed by atoms with E-state index in [-0.39, 0.29) is 0 Å². The van der Waals surface area contributed by atoms with Crippen LogP contribution >= 0.6 is 0 Å². The summed E-state index contributed by atoms with van der Waals surface area (Å²) in [6, 6.07) is 11.4. The van der Waals surface area contributed by atoms with Gasteiger partial charge in [0.25, 0.3) is 0 Å². The summed E-state index contributed by atoms with van der Waals surface area (Å²) in [5, 5.41) is 4.18. The van der Waals surface area contributed by atoms with Gasteiger partial charge in [-0.2, -0.15) is 0 Å². The fraction of sp³-hybridized carbons (Fsp3) is 0.0714. The normalized spacial score (nSPS) is 10.5. The highest BCUT2D eigenvalue weighted by Crippen LogP contribution is 2.21. The van der Waals surface area contributed by atoms with Crippen LogP contribution in [-0.4, -0.2) is 15.0 Å². The number of nitrogens with two attached hydrogens (primary N) is 1. The van der Waals surface area contributed by atoms with Crippen LogP contribution in [0.15, 0.2) is 48.9 Å². The van der Waals surface area contributed by atoms with Crippen LogP contribution in [-0.2, 0) is 6.54 Å². The summed E-state index contributed by atoms with van der Waals surface area (Å²) in [6.45, 7) is 0.613. The van der Waals surface area contributed by atoms with E-state index in [4.69, 9.17) is 5.73 Å². The van der Waals surface area contributed by atoms with E-state index in [1.807, 2.05) is 36.4 Å². The fourth-order valence-corrected chi connectivity index (χ4v) is 1.89. The zero-order valence-electron chi connectivity index (χ0n) is 10.2. The standard InChI is InChI=1S/C14H13N5/c15-10-4-5-13-12(7-10)14(19-9-18-13)17-8-11-3-1-2-6-16-11/h1-7,9H,8,15H2,(H,17,18,19). The molecule has 0 atom stereocenters. The summed E-state index contributed by atoms with van der Waals surface area (Å²) in [6.07, 6.45) is 3.31. The zero-order valence-corrected chi connectivity index (χ0v) is 10.2. The number of nitrogen functional groups attached to an aromatic ring is 1. The van der Waals surface area contributed by atoms with Gasteiger partial charge >= 0.3 is 0 Å². The molecule has 19 heavy (non-hydrogen) atoms. The Morgan fingerprint density at radius 2 is 2.00 bits per heavy atom. The molecule has 3 N–H and O–H groups in total. The first-order valence-electron chi connectivity index (χ1n) is 5.97. The van der Waals surface area contributed by atoms with E-state index in [2.05, 4.69) is 20.3 Å². The summed E-state index contributed by atoms with van der Waals surface area (Å²) in [5.74, 6) is 0.767. The van der Waals surface area contributed by atoms with Crippen molar-refractivity contribution < 1.29 is 0 Å². The first kappa shape index (κ1) is 11.4. The third-order valence-electron chi connectivity index (χ3n) is 2.82. The monoisotopic (exact) mass is 251 g/mol. The van der Waals surface area contributed by atoms with E-state index < -0.39 is 0 Å². The molecule has 1 aromatic carbocycles. The molecule has 0 aliphatic rings. The van der Waals surface area contributed by atoms with Gasteiger partial charge in [-0.3, -0.25) is 4.98 Å². The summed E-state index contributed by atoms with van der Waals surface area (Å²) < 4.78 is 0. The second-order valence-electron chi connectivity index (χ2n) is 4.17. The molecule has 0 saturated carbocycles. The smallest absolute Gasteiger partial charge is 0.137 e. The maximum absolute atomic E-state index is 5.80. The molecule has 0 spiro atoms. The number of fused-ring (bicyclic) bond motifs is 1. The summed E-state index contributed by atoms with van der Waals surface area (Å²) in [5.41, 5.74) is 8.33. The largest absolute Gasteiger partial charge is 0.399 e. The maximum atomic E-state index is 5.80. The highest BCUT2D eigenvalue weighted by atomic mass is 15.0. The van der Waals surface area contributed by atoms with Crippen molar-refractivity contribution in [1.29, 1.82) is 0 Å². The number of anilines is 2. The Balaban J connectivity index is 1.90. The van der Waals surface area contributed by atoms with Gasteiger partial charge in [0.1, 0.15) is 12.1 Å². The molecule has 3 aromatic rings. The lowest BCUT2D eigenvalue weighted by molar-refractivity contribution is 1.03. The van der Waals surface area contributed by atoms with Crippen molar-refractivity contribution >= 4 is 22.4 Å². The first-order chi connectivity index (χ1) is 9.33. The van der Waals surface area contributed by atoms with Gasteiger partial charge in [0.15, 0.2) is 0 Å². The first-order valence-corrected chi connectivity index (χ1v) is 5.97. The van der Waals surface area contributed by atoms with Gasteiger partial charge in [-0.05, 0) is 30.3 Å². The molecule has 5 nitrogen and oxygen atoms in total. The minimum atomic E-state index is 0.613. The van der Waals surface area contributed by atoms with Gasteiger partial charge < -0.3 is 11.1 Å². The molecular formula is C14H13N5. The molecular weight excluding hydrogens is 238 g/mol. The SMILES string of the molecule is Nc1ccc2ncnc(NCc3ccccn3)c2c1. The van der Waals surface area contributed by atoms with Gasteiger partial charge in [-0.15, -0.1) is 0 Å². The van der Waals surface area contributed by atoms with Crippen molar-refractivity contribution in [1.82, 2.24) is 15.0 Å². The lowest BCUT2D eigenvalue weighted by atomic mass is 10.2. The molecule has 0 aliphatic carbocycles. The van der Waals surface area contributed by atoms with E-state index in [0.717, 1.165) is 22.4 Å². The lowest BCUT2D eigenvalue weighted by Gasteiger charge is -2.08. The van der Waals surface area contributed by atoms with Gasteiger partial charge in [-0.25, -0.2) is 9.97 Å². The second kappa shape index (κ2) is 4.89. The summed E-state index contributed by atoms with van der Waals surface area (Å²) in [7, 11) is 0. The number of benzene rings is 1. The third-order valence-corrected chi connectivity index (χ3v) is 2.82. The van der Waals surface area contributed by atoms with Crippen molar-refractivity contribution in [2.24, 2.45) is 0 Å². The van der Waals surface area contributed by atoms with Crippen molar-refractivity contribution in [3.8, 4) is 0 Å². The van der Waals surface area contributed by atoms with Crippen molar-refractivity contribution in [2.75, 3.05) is 11.1 Å². The van der Waals surface area contributed by atoms with Gasteiger partial charge in [0.05, 0.1) is 17.8 Å². The number of nitrogens with one attached hydrogen (secondary N) is 1. The zero-order chi connectivity index (χ0) is 13.1. The number of rotatable bonds is 3. The van der Waals surface area contributed by atoms with Crippen LogP contribution in [0, 0.1) is 0 Å². The highest BCUT2D eigenvalue weighted by Gasteiger charge is 2.04. The number of nitrogens with zero attached hydrogens (tertiary/aromatic N) is 3. The Morgan fingerprint density at radius 1 is 1.05 bits per heavy atom. The van der Waals surface area contributed by atoms with E-state index in [1.54, 1.807) is 12.5 Å². The van der Waals surface area contributed by atoms with Crippen LogP contribution in [0.1, 0.15) is 5.69 Å². The lowest BCUT2D eigenvalue weighted by Crippen LogP contribution is -2.04. The molecule has 0 bridgehead atoms. The molecule has 0 saturated heterocycles. The van der Waals surface area contributed by atoms with Crippen LogP contribution in [0.3, 0.4) is 0 Å². The van der Waals surface area contributed by atoms with Crippen LogP contribution in [0.2, 0.25) is 0 Å². The number of hydrogen-bond acceptors (Lipinski definition) is 5. The molecule has 2 heterocycles. The Kier molecular flexibility index (Phi) is 2.94. The van der Waals surface area contributed by atoms with Crippen molar-refractivity contribution in [3.05, 3.63) is 54.6 Å². The average molecular weight is 251 g/mol. The van der Waals surface area contributed by atoms with Crippen LogP contribution in [0.4, 0.5) is 11.5 Å². The minimum Gasteiger partial charge on any atom is -0.399 e. The number of hydrogen-bond donors (Lipinski definition) is 2. The minimum absolute atomic E-state index is 0.613. The molecule has 0 aliphatic heterocycles.